The van der Waals surface area contributed by atoms with Gasteiger partial charge in [-0.25, -0.2) is 12.1 Å². The first-order valence-corrected chi connectivity index (χ1v) is 3.01. The van der Waals surface area contributed by atoms with Crippen molar-refractivity contribution in [1.82, 2.24) is 4.90 Å². The van der Waals surface area contributed by atoms with Gasteiger partial charge in [0, 0.05) is 0 Å². The molecule has 0 saturated carbocycles. The van der Waals surface area contributed by atoms with Gasteiger partial charge in [0.15, 0.2) is 0 Å². The van der Waals surface area contributed by atoms with E-state index in [1.54, 1.807) is 0 Å². The van der Waals surface area contributed by atoms with Crippen LogP contribution in [0.2, 0.25) is 0 Å². The zero-order valence-electron chi connectivity index (χ0n) is 6.65. The molecule has 0 aliphatic carbocycles. The van der Waals surface area contributed by atoms with Gasteiger partial charge in [-0.1, -0.05) is 0 Å². The van der Waals surface area contributed by atoms with E-state index in [4.69, 9.17) is 0 Å². The van der Waals surface area contributed by atoms with Gasteiger partial charge in [-0.3, -0.25) is 0 Å². The summed E-state index contributed by atoms with van der Waals surface area (Å²) in [7, 11) is 6.00. The Balaban J connectivity index is 0. The van der Waals surface area contributed by atoms with E-state index in [1.165, 1.54) is 0 Å². The van der Waals surface area contributed by atoms with Crippen molar-refractivity contribution in [1.29, 1.82) is 0 Å². The van der Waals surface area contributed by atoms with Gasteiger partial charge in [-0.15, -0.1) is 0 Å². The molecule has 10 heavy (non-hydrogen) atoms. The molecular formula is C8H14NPt+. The Labute approximate surface area is 77.7 Å². The molecule has 1 aromatic rings. The van der Waals surface area contributed by atoms with Gasteiger partial charge in [0.2, 0.25) is 0 Å². The maximum Gasteiger partial charge on any atom is 2.00 e. The molecule has 0 saturated heterocycles. The van der Waals surface area contributed by atoms with Gasteiger partial charge in [-0.2, -0.15) is 18.2 Å². The van der Waals surface area contributed by atoms with Crippen molar-refractivity contribution >= 4 is 0 Å². The van der Waals surface area contributed by atoms with Crippen LogP contribution in [0, 0.1) is 0 Å². The molecule has 2 heteroatoms. The normalized spacial score (nSPS) is 7.60. The first kappa shape index (κ1) is 12.7. The second-order valence-electron chi connectivity index (χ2n) is 2.30. The average molecular weight is 319 g/mol. The molecule has 0 bridgehead atoms. The van der Waals surface area contributed by atoms with Crippen LogP contribution in [0.4, 0.5) is 0 Å². The van der Waals surface area contributed by atoms with Crippen molar-refractivity contribution in [2.75, 3.05) is 21.1 Å². The standard InChI is InChI=1S/C5H5.C3H9N.Pt/c1-2-4-5-3-1;1-4(2)3;/h1-5H;1-3H3;/q-1;;+2. The molecule has 60 valence electrons. The molecule has 1 nitrogen and oxygen atoms in total. The van der Waals surface area contributed by atoms with E-state index in [1.807, 2.05) is 56.4 Å². The summed E-state index contributed by atoms with van der Waals surface area (Å²) in [6, 6.07) is 10.0. The fourth-order valence-corrected chi connectivity index (χ4v) is 0.321. The Morgan fingerprint density at radius 1 is 1.00 bits per heavy atom. The van der Waals surface area contributed by atoms with E-state index in [0.29, 0.717) is 0 Å². The zero-order valence-corrected chi connectivity index (χ0v) is 8.92. The third-order valence-electron chi connectivity index (χ3n) is 0.556. The largest absolute Gasteiger partial charge is 2.00 e. The summed E-state index contributed by atoms with van der Waals surface area (Å²) in [4.78, 5) is 2.00. The second kappa shape index (κ2) is 9.00. The molecule has 0 N–H and O–H groups in total. The Bertz CT molecular complexity index is 92.8. The summed E-state index contributed by atoms with van der Waals surface area (Å²) in [5.41, 5.74) is 0. The summed E-state index contributed by atoms with van der Waals surface area (Å²) in [5.74, 6) is 0. The zero-order chi connectivity index (χ0) is 7.11. The van der Waals surface area contributed by atoms with Gasteiger partial charge in [0.1, 0.15) is 0 Å². The second-order valence-corrected chi connectivity index (χ2v) is 2.30. The molecule has 0 aromatic heterocycles. The van der Waals surface area contributed by atoms with Crippen LogP contribution in [0.1, 0.15) is 0 Å². The average Bonchev–Trinajstić information content (AvgIpc) is 2.11. The summed E-state index contributed by atoms with van der Waals surface area (Å²) < 4.78 is 0. The summed E-state index contributed by atoms with van der Waals surface area (Å²) in [5, 5.41) is 0. The number of hydrogen-bond acceptors (Lipinski definition) is 1. The molecule has 0 fully saturated rings. The fourth-order valence-electron chi connectivity index (χ4n) is 0.321. The van der Waals surface area contributed by atoms with Crippen LogP contribution in [-0.4, -0.2) is 26.0 Å². The number of rotatable bonds is 0. The molecule has 0 atom stereocenters. The Hall–Kier alpha value is -0.00169. The van der Waals surface area contributed by atoms with E-state index in [-0.39, 0.29) is 21.1 Å². The molecule has 0 aliphatic rings. The molecule has 0 radical (unpaired) electrons. The molecule has 1 aromatic carbocycles. The van der Waals surface area contributed by atoms with Gasteiger partial charge < -0.3 is 4.90 Å². The quantitative estimate of drug-likeness (QED) is 0.657. The Morgan fingerprint density at radius 2 is 1.30 bits per heavy atom. The molecule has 0 amide bonds. The first-order chi connectivity index (χ1) is 4.23. The predicted octanol–water partition coefficient (Wildman–Crippen LogP) is 1.58. The number of nitrogens with zero attached hydrogens (tertiary/aromatic N) is 1. The van der Waals surface area contributed by atoms with Crippen molar-refractivity contribution in [2.45, 2.75) is 0 Å². The van der Waals surface area contributed by atoms with Crippen LogP contribution in [0.25, 0.3) is 0 Å². The summed E-state index contributed by atoms with van der Waals surface area (Å²) >= 11 is 0. The van der Waals surface area contributed by atoms with Gasteiger partial charge >= 0.3 is 21.1 Å². The third kappa shape index (κ3) is 15.7. The number of hydrogen-bond donors (Lipinski definition) is 0. The predicted molar refractivity (Wildman–Crippen MR) is 41.6 cm³/mol. The Morgan fingerprint density at radius 3 is 1.40 bits per heavy atom. The van der Waals surface area contributed by atoms with Crippen molar-refractivity contribution in [2.24, 2.45) is 0 Å². The third-order valence-corrected chi connectivity index (χ3v) is 0.556. The van der Waals surface area contributed by atoms with Gasteiger partial charge in [-0.05, 0) is 21.1 Å². The van der Waals surface area contributed by atoms with Crippen LogP contribution in [0.15, 0.2) is 30.3 Å². The fraction of sp³-hybridized carbons (Fsp3) is 0.375. The van der Waals surface area contributed by atoms with Crippen LogP contribution < -0.4 is 0 Å². The van der Waals surface area contributed by atoms with Gasteiger partial charge in [0.25, 0.3) is 0 Å². The maximum absolute atomic E-state index is 2.00. The van der Waals surface area contributed by atoms with Crippen LogP contribution in [0.5, 0.6) is 0 Å². The van der Waals surface area contributed by atoms with Crippen LogP contribution in [0.3, 0.4) is 0 Å². The molecule has 0 unspecified atom stereocenters. The minimum Gasteiger partial charge on any atom is -0.312 e. The molecule has 0 heterocycles. The van der Waals surface area contributed by atoms with Crippen LogP contribution >= 0.6 is 0 Å². The van der Waals surface area contributed by atoms with Crippen LogP contribution in [-0.2, 0) is 21.1 Å². The van der Waals surface area contributed by atoms with E-state index in [9.17, 15) is 0 Å². The minimum atomic E-state index is 0. The molecular weight excluding hydrogens is 305 g/mol. The summed E-state index contributed by atoms with van der Waals surface area (Å²) in [6.45, 7) is 0. The van der Waals surface area contributed by atoms with E-state index in [0.717, 1.165) is 0 Å². The van der Waals surface area contributed by atoms with E-state index >= 15 is 0 Å². The maximum atomic E-state index is 2.00. The Kier molecular flexibility index (Phi) is 11.4. The van der Waals surface area contributed by atoms with Crippen molar-refractivity contribution in [3.05, 3.63) is 30.3 Å². The van der Waals surface area contributed by atoms with Gasteiger partial charge in [0.05, 0.1) is 0 Å². The molecule has 0 aliphatic heterocycles. The van der Waals surface area contributed by atoms with Crippen molar-refractivity contribution in [3.63, 3.8) is 0 Å². The molecule has 0 spiro atoms. The smallest absolute Gasteiger partial charge is 0.312 e. The van der Waals surface area contributed by atoms with E-state index < -0.39 is 0 Å². The first-order valence-electron chi connectivity index (χ1n) is 3.01. The van der Waals surface area contributed by atoms with Crippen molar-refractivity contribution in [3.8, 4) is 0 Å². The van der Waals surface area contributed by atoms with E-state index in [2.05, 4.69) is 0 Å². The van der Waals surface area contributed by atoms with Crippen molar-refractivity contribution < 1.29 is 21.1 Å². The SMILES string of the molecule is CN(C)C.[Pt+2].c1cc[cH-]c1. The minimum absolute atomic E-state index is 0. The topological polar surface area (TPSA) is 3.24 Å². The molecule has 1 rings (SSSR count). The summed E-state index contributed by atoms with van der Waals surface area (Å²) in [6.07, 6.45) is 0. The monoisotopic (exact) mass is 319 g/mol.